The molecule has 1 rings (SSSR count). The maximum absolute atomic E-state index is 9.94. The van der Waals surface area contributed by atoms with Crippen LogP contribution in [0.15, 0.2) is 24.3 Å². The fraction of sp³-hybridized carbons (Fsp3) is 0.538. The summed E-state index contributed by atoms with van der Waals surface area (Å²) >= 11 is 0. The summed E-state index contributed by atoms with van der Waals surface area (Å²) in [6.07, 6.45) is -0.571. The lowest BCUT2D eigenvalue weighted by Gasteiger charge is -2.13. The summed E-state index contributed by atoms with van der Waals surface area (Å²) in [4.78, 5) is 0. The Kier molecular flexibility index (Phi) is 7.36. The first-order chi connectivity index (χ1) is 8.77. The number of aliphatic hydroxyl groups excluding tert-OH is 2. The number of methoxy groups -OCH3 is 1. The number of rotatable bonds is 9. The molecule has 1 atom stereocenters. The molecule has 1 aromatic rings. The molecule has 102 valence electrons. The van der Waals surface area contributed by atoms with E-state index >= 15 is 0 Å². The smallest absolute Gasteiger partial charge is 0.119 e. The summed E-state index contributed by atoms with van der Waals surface area (Å²) in [5.74, 6) is 0.734. The molecule has 0 aliphatic heterocycles. The highest BCUT2D eigenvalue weighted by Gasteiger charge is 2.07. The predicted octanol–water partition coefficient (Wildman–Crippen LogP) is 0.327. The molecule has 0 amide bonds. The minimum atomic E-state index is -0.571. The van der Waals surface area contributed by atoms with Crippen LogP contribution in [0.2, 0.25) is 0 Å². The fourth-order valence-corrected chi connectivity index (χ4v) is 1.52. The standard InChI is InChI=1S/C13H21NO4/c1-17-12-4-2-3-11(9-12)13(16)10-14-5-7-18-8-6-15/h2-4,9,13-16H,5-8,10H2,1H3. The molecule has 5 heteroatoms. The first-order valence-corrected chi connectivity index (χ1v) is 5.99. The van der Waals surface area contributed by atoms with Crippen LogP contribution in [0.1, 0.15) is 11.7 Å². The van der Waals surface area contributed by atoms with Gasteiger partial charge >= 0.3 is 0 Å². The van der Waals surface area contributed by atoms with Gasteiger partial charge in [0.25, 0.3) is 0 Å². The van der Waals surface area contributed by atoms with Gasteiger partial charge in [0.2, 0.25) is 0 Å². The average molecular weight is 255 g/mol. The number of nitrogens with one attached hydrogen (secondary N) is 1. The van der Waals surface area contributed by atoms with Crippen molar-refractivity contribution >= 4 is 0 Å². The highest BCUT2D eigenvalue weighted by molar-refractivity contribution is 5.29. The minimum absolute atomic E-state index is 0.0342. The zero-order chi connectivity index (χ0) is 13.2. The Morgan fingerprint density at radius 1 is 1.33 bits per heavy atom. The molecule has 0 spiro atoms. The van der Waals surface area contributed by atoms with Gasteiger partial charge in [-0.25, -0.2) is 0 Å². The molecular weight excluding hydrogens is 234 g/mol. The highest BCUT2D eigenvalue weighted by atomic mass is 16.5. The molecule has 0 fully saturated rings. The first-order valence-electron chi connectivity index (χ1n) is 5.99. The normalized spacial score (nSPS) is 12.4. The highest BCUT2D eigenvalue weighted by Crippen LogP contribution is 2.18. The third kappa shape index (κ3) is 5.46. The van der Waals surface area contributed by atoms with Crippen LogP contribution in [0.3, 0.4) is 0 Å². The molecule has 0 saturated heterocycles. The van der Waals surface area contributed by atoms with Crippen LogP contribution < -0.4 is 10.1 Å². The lowest BCUT2D eigenvalue weighted by molar-refractivity contribution is 0.0910. The maximum atomic E-state index is 9.94. The van der Waals surface area contributed by atoms with Gasteiger partial charge in [-0.1, -0.05) is 12.1 Å². The fourth-order valence-electron chi connectivity index (χ4n) is 1.52. The largest absolute Gasteiger partial charge is 0.497 e. The van der Waals surface area contributed by atoms with E-state index in [-0.39, 0.29) is 6.61 Å². The van der Waals surface area contributed by atoms with E-state index < -0.39 is 6.10 Å². The molecule has 0 saturated carbocycles. The second-order valence-electron chi connectivity index (χ2n) is 3.83. The topological polar surface area (TPSA) is 71.0 Å². The van der Waals surface area contributed by atoms with E-state index in [4.69, 9.17) is 14.6 Å². The van der Waals surface area contributed by atoms with Crippen LogP contribution >= 0.6 is 0 Å². The van der Waals surface area contributed by atoms with Gasteiger partial charge in [0.05, 0.1) is 33.0 Å². The van der Waals surface area contributed by atoms with Gasteiger partial charge in [-0.3, -0.25) is 0 Å². The van der Waals surface area contributed by atoms with E-state index in [2.05, 4.69) is 5.32 Å². The Labute approximate surface area is 107 Å². The number of ether oxygens (including phenoxy) is 2. The van der Waals surface area contributed by atoms with Crippen molar-refractivity contribution in [2.75, 3.05) is 40.0 Å². The van der Waals surface area contributed by atoms with E-state index in [0.717, 1.165) is 11.3 Å². The van der Waals surface area contributed by atoms with Gasteiger partial charge in [-0.2, -0.15) is 0 Å². The molecule has 0 aliphatic carbocycles. The quantitative estimate of drug-likeness (QED) is 0.555. The average Bonchev–Trinajstić information content (AvgIpc) is 2.42. The molecule has 0 radical (unpaired) electrons. The van der Waals surface area contributed by atoms with Crippen molar-refractivity contribution in [3.63, 3.8) is 0 Å². The Hall–Kier alpha value is -1.14. The summed E-state index contributed by atoms with van der Waals surface area (Å²) in [7, 11) is 1.60. The number of aliphatic hydroxyl groups is 2. The van der Waals surface area contributed by atoms with E-state index in [0.29, 0.717) is 26.3 Å². The van der Waals surface area contributed by atoms with E-state index in [1.165, 1.54) is 0 Å². The van der Waals surface area contributed by atoms with Gasteiger partial charge in [0.1, 0.15) is 5.75 Å². The third-order valence-electron chi connectivity index (χ3n) is 2.48. The van der Waals surface area contributed by atoms with Crippen molar-refractivity contribution < 1.29 is 19.7 Å². The monoisotopic (exact) mass is 255 g/mol. The zero-order valence-corrected chi connectivity index (χ0v) is 10.6. The molecule has 1 unspecified atom stereocenters. The summed E-state index contributed by atoms with van der Waals surface area (Å²) in [6.45, 7) is 1.99. The second-order valence-corrected chi connectivity index (χ2v) is 3.83. The molecule has 18 heavy (non-hydrogen) atoms. The van der Waals surface area contributed by atoms with Gasteiger partial charge in [-0.15, -0.1) is 0 Å². The van der Waals surface area contributed by atoms with Gasteiger partial charge in [0.15, 0.2) is 0 Å². The summed E-state index contributed by atoms with van der Waals surface area (Å²) < 4.78 is 10.2. The van der Waals surface area contributed by atoms with Crippen molar-refractivity contribution in [1.29, 1.82) is 0 Å². The maximum Gasteiger partial charge on any atom is 0.119 e. The first kappa shape index (κ1) is 14.9. The van der Waals surface area contributed by atoms with Crippen LogP contribution in [0.25, 0.3) is 0 Å². The Balaban J connectivity index is 2.25. The third-order valence-corrected chi connectivity index (χ3v) is 2.48. The van der Waals surface area contributed by atoms with Crippen molar-refractivity contribution in [3.8, 4) is 5.75 Å². The van der Waals surface area contributed by atoms with Crippen LogP contribution in [-0.2, 0) is 4.74 Å². The molecule has 0 heterocycles. The van der Waals surface area contributed by atoms with Crippen molar-refractivity contribution in [3.05, 3.63) is 29.8 Å². The molecule has 0 aromatic heterocycles. The second kappa shape index (κ2) is 8.88. The van der Waals surface area contributed by atoms with Crippen molar-refractivity contribution in [2.24, 2.45) is 0 Å². The van der Waals surface area contributed by atoms with Crippen molar-refractivity contribution in [1.82, 2.24) is 5.32 Å². The Morgan fingerprint density at radius 3 is 2.89 bits per heavy atom. The predicted molar refractivity (Wildman–Crippen MR) is 68.7 cm³/mol. The summed E-state index contributed by atoms with van der Waals surface area (Å²) in [6, 6.07) is 7.36. The van der Waals surface area contributed by atoms with Gasteiger partial charge in [-0.05, 0) is 17.7 Å². The molecule has 0 bridgehead atoms. The SMILES string of the molecule is COc1cccc(C(O)CNCCOCCO)c1. The lowest BCUT2D eigenvalue weighted by Crippen LogP contribution is -2.25. The van der Waals surface area contributed by atoms with E-state index in [1.54, 1.807) is 7.11 Å². The zero-order valence-electron chi connectivity index (χ0n) is 10.6. The van der Waals surface area contributed by atoms with Crippen LogP contribution in [-0.4, -0.2) is 50.2 Å². The molecule has 0 aliphatic rings. The number of hydrogen-bond donors (Lipinski definition) is 3. The van der Waals surface area contributed by atoms with Gasteiger partial charge < -0.3 is 25.0 Å². The van der Waals surface area contributed by atoms with Crippen molar-refractivity contribution in [2.45, 2.75) is 6.10 Å². The number of hydrogen-bond acceptors (Lipinski definition) is 5. The lowest BCUT2D eigenvalue weighted by atomic mass is 10.1. The molecule has 5 nitrogen and oxygen atoms in total. The summed E-state index contributed by atoms with van der Waals surface area (Å²) in [5.41, 5.74) is 0.818. The molecule has 1 aromatic carbocycles. The molecule has 3 N–H and O–H groups in total. The van der Waals surface area contributed by atoms with Crippen LogP contribution in [0.4, 0.5) is 0 Å². The summed E-state index contributed by atoms with van der Waals surface area (Å²) in [5, 5.41) is 21.5. The minimum Gasteiger partial charge on any atom is -0.497 e. The van der Waals surface area contributed by atoms with E-state index in [1.807, 2.05) is 24.3 Å². The number of benzene rings is 1. The van der Waals surface area contributed by atoms with E-state index in [9.17, 15) is 5.11 Å². The van der Waals surface area contributed by atoms with Gasteiger partial charge in [0, 0.05) is 13.1 Å². The van der Waals surface area contributed by atoms with Crippen LogP contribution in [0, 0.1) is 0 Å². The Bertz CT molecular complexity index is 333. The Morgan fingerprint density at radius 2 is 2.17 bits per heavy atom. The van der Waals surface area contributed by atoms with Crippen LogP contribution in [0.5, 0.6) is 5.75 Å². The molecular formula is C13H21NO4.